The molecule has 12 saturated carbocycles. The Morgan fingerprint density at radius 1 is 0.297 bits per heavy atom. The van der Waals surface area contributed by atoms with E-state index in [0.29, 0.717) is 38.5 Å². The van der Waals surface area contributed by atoms with Crippen molar-refractivity contribution in [2.45, 2.75) is 307 Å². The minimum absolute atomic E-state index is 0.0736. The number of nitrogens with zero attached hydrogens (tertiary/aromatic N) is 4. The van der Waals surface area contributed by atoms with Crippen molar-refractivity contribution in [3.05, 3.63) is 0 Å². The van der Waals surface area contributed by atoms with Gasteiger partial charge in [0.25, 0.3) is 0 Å². The molecule has 0 saturated heterocycles. The van der Waals surface area contributed by atoms with Crippen LogP contribution in [0.3, 0.4) is 0 Å². The van der Waals surface area contributed by atoms with Crippen LogP contribution in [0.2, 0.25) is 0 Å². The second-order valence-electron chi connectivity index (χ2n) is 27.8. The van der Waals surface area contributed by atoms with E-state index in [2.05, 4.69) is 0 Å². The highest BCUT2D eigenvalue weighted by molar-refractivity contribution is 5.80. The van der Waals surface area contributed by atoms with E-state index in [0.717, 1.165) is 197 Å². The highest BCUT2D eigenvalue weighted by Gasteiger charge is 2.54. The summed E-state index contributed by atoms with van der Waals surface area (Å²) in [6.07, 6.45) is 46.8. The van der Waals surface area contributed by atoms with Crippen molar-refractivity contribution in [2.24, 2.45) is 58.2 Å². The van der Waals surface area contributed by atoms with E-state index >= 15 is 0 Å². The van der Waals surface area contributed by atoms with Crippen LogP contribution in [0, 0.1) is 58.2 Å². The molecule has 0 aliphatic heterocycles. The predicted octanol–water partition coefficient (Wildman–Crippen LogP) is 14.5. The lowest BCUT2D eigenvalue weighted by Gasteiger charge is -2.57. The molecular formula is C62H104N4O8. The van der Waals surface area contributed by atoms with Crippen LogP contribution in [-0.4, -0.2) is 88.9 Å². The number of hydroxylamine groups is 8. The highest BCUT2D eigenvalue weighted by atomic mass is 16.5. The molecular weight excluding hydrogens is 929 g/mol. The van der Waals surface area contributed by atoms with Gasteiger partial charge in [-0.1, -0.05) is 141 Å². The minimum atomic E-state index is -0.516. The molecule has 0 heterocycles. The maximum Gasteiger partial charge on any atom is 0.249 e. The lowest BCUT2D eigenvalue weighted by atomic mass is 9.49. The number of carbonyl (C=O) groups is 4. The second-order valence-corrected chi connectivity index (χ2v) is 27.8. The first-order valence-electron chi connectivity index (χ1n) is 31.9. The summed E-state index contributed by atoms with van der Waals surface area (Å²) in [5, 5.41) is 48.7. The smallest absolute Gasteiger partial charge is 0.249 e. The first-order valence-corrected chi connectivity index (χ1v) is 31.9. The van der Waals surface area contributed by atoms with Gasteiger partial charge in [-0.3, -0.25) is 40.0 Å². The Morgan fingerprint density at radius 3 is 0.743 bits per heavy atom. The fourth-order valence-corrected chi connectivity index (χ4v) is 19.0. The van der Waals surface area contributed by atoms with Crippen molar-refractivity contribution in [3.63, 3.8) is 0 Å². The molecule has 420 valence electrons. The molecule has 12 aliphatic rings. The molecule has 8 bridgehead atoms. The van der Waals surface area contributed by atoms with Crippen molar-refractivity contribution in [1.29, 1.82) is 0 Å². The van der Waals surface area contributed by atoms with Gasteiger partial charge in [-0.2, -0.15) is 0 Å². The van der Waals surface area contributed by atoms with Gasteiger partial charge in [0.15, 0.2) is 0 Å². The molecule has 12 nitrogen and oxygen atoms in total. The highest BCUT2D eigenvalue weighted by Crippen LogP contribution is 2.63. The van der Waals surface area contributed by atoms with E-state index in [9.17, 15) is 40.0 Å². The third kappa shape index (κ3) is 14.3. The Bertz CT molecular complexity index is 1600. The molecule has 12 aliphatic carbocycles. The molecule has 74 heavy (non-hydrogen) atoms. The summed E-state index contributed by atoms with van der Waals surface area (Å²) in [5.74, 6) is 3.57. The van der Waals surface area contributed by atoms with E-state index in [1.807, 2.05) is 0 Å². The summed E-state index contributed by atoms with van der Waals surface area (Å²) < 4.78 is 0. The standard InChI is InChI=1S/C32H58N2O4.C30H46N2O4/c35-31(27-21-15-11-7-3-1-4-8-12-16-22-27)33(37)29-25-19-20-26-30(29)34(38)32(36)28-23-17-13-9-5-2-6-10-14-18-24-28;33-27(17-29-11-19-5-20(12-29)7-21(6-19)13-29)31(35)25-3-1-2-4-26(25)32(36)28(34)18-30-14-22-8-23(15-30)10-24(9-22)16-30/h27-30,37-38H,1-26H2;19-26,35-36H,1-18H2/t29-,30?;19?,20?,21?,22?,23?,24?,25-,26?,29?,30?/m11/s1. The summed E-state index contributed by atoms with van der Waals surface area (Å²) in [6.45, 7) is 0. The van der Waals surface area contributed by atoms with Crippen molar-refractivity contribution < 1.29 is 40.0 Å². The summed E-state index contributed by atoms with van der Waals surface area (Å²) in [6, 6.07) is -2.02. The van der Waals surface area contributed by atoms with Gasteiger partial charge in [0.2, 0.25) is 23.6 Å². The van der Waals surface area contributed by atoms with E-state index in [1.54, 1.807) is 0 Å². The summed E-state index contributed by atoms with van der Waals surface area (Å²) >= 11 is 0. The van der Waals surface area contributed by atoms with Crippen LogP contribution in [0.5, 0.6) is 0 Å². The maximum atomic E-state index is 13.6. The third-order valence-corrected chi connectivity index (χ3v) is 21.9. The van der Waals surface area contributed by atoms with Crippen LogP contribution in [0.4, 0.5) is 0 Å². The Kier molecular flexibility index (Phi) is 20.3. The molecule has 12 rings (SSSR count). The van der Waals surface area contributed by atoms with Gasteiger partial charge in [0.1, 0.15) is 0 Å². The average Bonchev–Trinajstić information content (AvgIpc) is 3.37. The van der Waals surface area contributed by atoms with E-state index in [1.165, 1.54) is 103 Å². The average molecular weight is 1030 g/mol. The maximum absolute atomic E-state index is 13.6. The number of rotatable bonds is 10. The topological polar surface area (TPSA) is 162 Å². The summed E-state index contributed by atoms with van der Waals surface area (Å²) in [4.78, 5) is 54.0. The molecule has 0 radical (unpaired) electrons. The zero-order valence-electron chi connectivity index (χ0n) is 46.3. The molecule has 4 atom stereocenters. The van der Waals surface area contributed by atoms with Crippen LogP contribution in [-0.2, 0) is 19.2 Å². The number of hydrogen-bond donors (Lipinski definition) is 4. The molecule has 0 aromatic rings. The minimum Gasteiger partial charge on any atom is -0.286 e. The molecule has 0 aromatic carbocycles. The number of hydrogen-bond acceptors (Lipinski definition) is 8. The molecule has 12 heteroatoms. The van der Waals surface area contributed by atoms with Crippen LogP contribution in [0.15, 0.2) is 0 Å². The molecule has 4 N–H and O–H groups in total. The van der Waals surface area contributed by atoms with Crippen molar-refractivity contribution in [3.8, 4) is 0 Å². The lowest BCUT2D eigenvalue weighted by Crippen LogP contribution is -2.57. The van der Waals surface area contributed by atoms with Gasteiger partial charge >= 0.3 is 0 Å². The molecule has 12 fully saturated rings. The second kappa shape index (κ2) is 26.6. The number of amides is 4. The van der Waals surface area contributed by atoms with Gasteiger partial charge in [-0.25, -0.2) is 20.3 Å². The van der Waals surface area contributed by atoms with Crippen LogP contribution in [0.1, 0.15) is 283 Å². The first kappa shape index (κ1) is 56.4. The van der Waals surface area contributed by atoms with Crippen LogP contribution in [0.25, 0.3) is 0 Å². The summed E-state index contributed by atoms with van der Waals surface area (Å²) in [5.41, 5.74) is 0.147. The molecule has 4 amide bonds. The van der Waals surface area contributed by atoms with Crippen molar-refractivity contribution in [2.75, 3.05) is 0 Å². The van der Waals surface area contributed by atoms with E-state index < -0.39 is 24.2 Å². The van der Waals surface area contributed by atoms with E-state index in [4.69, 9.17) is 0 Å². The Morgan fingerprint density at radius 2 is 0.500 bits per heavy atom. The summed E-state index contributed by atoms with van der Waals surface area (Å²) in [7, 11) is 0. The predicted molar refractivity (Wildman–Crippen MR) is 286 cm³/mol. The lowest BCUT2D eigenvalue weighted by molar-refractivity contribution is -0.218. The normalized spacial score (nSPS) is 37.4. The quantitative estimate of drug-likeness (QED) is 0.124. The Labute approximate surface area is 447 Å². The zero-order chi connectivity index (χ0) is 51.7. The van der Waals surface area contributed by atoms with Crippen LogP contribution < -0.4 is 0 Å². The van der Waals surface area contributed by atoms with Crippen LogP contribution >= 0.6 is 0 Å². The van der Waals surface area contributed by atoms with Gasteiger partial charge < -0.3 is 0 Å². The Balaban J connectivity index is 0.000000182. The van der Waals surface area contributed by atoms with E-state index in [-0.39, 0.29) is 46.3 Å². The van der Waals surface area contributed by atoms with Gasteiger partial charge in [0.05, 0.1) is 24.2 Å². The van der Waals surface area contributed by atoms with Gasteiger partial charge in [-0.15, -0.1) is 0 Å². The van der Waals surface area contributed by atoms with Gasteiger partial charge in [-0.05, 0) is 175 Å². The molecule has 0 spiro atoms. The SMILES string of the molecule is O=C(C1CCCCCCCCCCC1)N(O)C1CCCC[C@H]1N(O)C(=O)C1CCCCCCCCCCC1.O=C(CC12CC3CC(CC(C3)C1)C2)N(O)C1CCCC[C@H]1N(O)C(=O)CC12CC3CC(CC(C3)C1)C2. The third-order valence-electron chi connectivity index (χ3n) is 21.9. The van der Waals surface area contributed by atoms with Gasteiger partial charge in [0, 0.05) is 24.7 Å². The monoisotopic (exact) mass is 1030 g/mol. The fourth-order valence-electron chi connectivity index (χ4n) is 19.0. The molecule has 2 unspecified atom stereocenters. The fraction of sp³-hybridized carbons (Fsp3) is 0.935. The van der Waals surface area contributed by atoms with Crippen molar-refractivity contribution in [1.82, 2.24) is 20.3 Å². The number of carbonyl (C=O) groups excluding carboxylic acids is 4. The Hall–Kier alpha value is -2.28. The molecule has 0 aromatic heterocycles. The first-order chi connectivity index (χ1) is 35.9. The largest absolute Gasteiger partial charge is 0.286 e. The zero-order valence-corrected chi connectivity index (χ0v) is 46.3. The van der Waals surface area contributed by atoms with Crippen molar-refractivity contribution >= 4 is 23.6 Å².